The van der Waals surface area contributed by atoms with E-state index in [9.17, 15) is 4.79 Å². The Morgan fingerprint density at radius 3 is 2.66 bits per heavy atom. The predicted octanol–water partition coefficient (Wildman–Crippen LogP) is 5.92. The van der Waals surface area contributed by atoms with Crippen molar-refractivity contribution in [2.45, 2.75) is 44.3 Å². The van der Waals surface area contributed by atoms with Crippen LogP contribution in [0.3, 0.4) is 0 Å². The fraction of sp³-hybridized carbons (Fsp3) is 0.333. The summed E-state index contributed by atoms with van der Waals surface area (Å²) < 4.78 is 17.8. The fourth-order valence-corrected chi connectivity index (χ4v) is 6.97. The van der Waals surface area contributed by atoms with Gasteiger partial charge in [-0.1, -0.05) is 34.1 Å². The summed E-state index contributed by atoms with van der Waals surface area (Å²) in [5.74, 6) is -0.262. The van der Waals surface area contributed by atoms with Crippen molar-refractivity contribution in [3.63, 3.8) is 0 Å². The Bertz CT molecular complexity index is 1350. The van der Waals surface area contributed by atoms with E-state index in [2.05, 4.69) is 57.8 Å². The SMILES string of the molecule is CNC1CCC(N(Cc2cccc(-c3nn[nH]n3)c2)C(=O)c2sc3c(Br)ccc(Br)c3c2F)CC1. The van der Waals surface area contributed by atoms with Crippen LogP contribution in [0.1, 0.15) is 40.9 Å². The van der Waals surface area contributed by atoms with Gasteiger partial charge < -0.3 is 10.2 Å². The molecule has 0 aliphatic heterocycles. The number of halogens is 3. The van der Waals surface area contributed by atoms with E-state index in [1.165, 1.54) is 11.3 Å². The summed E-state index contributed by atoms with van der Waals surface area (Å²) in [4.78, 5) is 15.9. The van der Waals surface area contributed by atoms with Crippen LogP contribution in [0.4, 0.5) is 4.39 Å². The number of aromatic nitrogens is 4. The molecule has 0 bridgehead atoms. The molecule has 2 heterocycles. The van der Waals surface area contributed by atoms with Crippen LogP contribution in [-0.2, 0) is 6.54 Å². The number of carbonyl (C=O) groups excluding carboxylic acids is 1. The van der Waals surface area contributed by atoms with Gasteiger partial charge in [-0.25, -0.2) is 4.39 Å². The molecule has 1 saturated carbocycles. The summed E-state index contributed by atoms with van der Waals surface area (Å²) >= 11 is 8.15. The van der Waals surface area contributed by atoms with Crippen LogP contribution >= 0.6 is 43.2 Å². The standard InChI is InChI=1S/C24H23Br2FN6OS/c1-28-15-5-7-16(8-6-15)33(12-13-3-2-4-14(11-13)23-29-31-32-30-23)24(34)22-20(27)19-17(25)9-10-18(26)21(19)35-22/h2-4,9-11,15-16,28H,5-8,12H2,1H3,(H,29,30,31,32). The molecular weight excluding hydrogens is 599 g/mol. The molecule has 0 unspecified atom stereocenters. The molecule has 2 aromatic carbocycles. The summed E-state index contributed by atoms with van der Waals surface area (Å²) in [5.41, 5.74) is 1.74. The van der Waals surface area contributed by atoms with Crippen molar-refractivity contribution in [1.82, 2.24) is 30.8 Å². The van der Waals surface area contributed by atoms with Gasteiger partial charge >= 0.3 is 0 Å². The van der Waals surface area contributed by atoms with E-state index in [1.807, 2.05) is 42.3 Å². The second kappa shape index (κ2) is 10.4. The summed E-state index contributed by atoms with van der Waals surface area (Å²) in [5, 5.41) is 18.0. The molecule has 2 aromatic heterocycles. The highest BCUT2D eigenvalue weighted by molar-refractivity contribution is 9.11. The summed E-state index contributed by atoms with van der Waals surface area (Å²) in [6.45, 7) is 0.370. The van der Waals surface area contributed by atoms with Gasteiger partial charge in [0.25, 0.3) is 5.91 Å². The van der Waals surface area contributed by atoms with Crippen molar-refractivity contribution in [2.75, 3.05) is 7.05 Å². The Labute approximate surface area is 222 Å². The third kappa shape index (κ3) is 4.91. The molecule has 1 aliphatic carbocycles. The molecule has 7 nitrogen and oxygen atoms in total. The molecule has 5 rings (SSSR count). The first-order chi connectivity index (χ1) is 17.0. The lowest BCUT2D eigenvalue weighted by atomic mass is 9.89. The molecule has 0 radical (unpaired) electrons. The number of carbonyl (C=O) groups is 1. The van der Waals surface area contributed by atoms with E-state index >= 15 is 4.39 Å². The highest BCUT2D eigenvalue weighted by Crippen LogP contribution is 2.40. The number of benzene rings is 2. The zero-order valence-electron chi connectivity index (χ0n) is 18.9. The molecule has 0 saturated heterocycles. The van der Waals surface area contributed by atoms with Crippen LogP contribution in [-0.4, -0.2) is 50.6 Å². The number of hydrogen-bond donors (Lipinski definition) is 2. The molecule has 4 aromatic rings. The number of H-pyrrole nitrogens is 1. The van der Waals surface area contributed by atoms with E-state index in [4.69, 9.17) is 0 Å². The summed E-state index contributed by atoms with van der Waals surface area (Å²) in [7, 11) is 1.97. The molecular formula is C24H23Br2FN6OS. The lowest BCUT2D eigenvalue weighted by Gasteiger charge is -2.37. The second-order valence-corrected chi connectivity index (χ2v) is 11.4. The van der Waals surface area contributed by atoms with Gasteiger partial charge in [0, 0.05) is 38.5 Å². The van der Waals surface area contributed by atoms with Crippen LogP contribution in [0.2, 0.25) is 0 Å². The van der Waals surface area contributed by atoms with Crippen molar-refractivity contribution in [1.29, 1.82) is 0 Å². The minimum atomic E-state index is -0.474. The first kappa shape index (κ1) is 24.5. The van der Waals surface area contributed by atoms with Crippen molar-refractivity contribution in [3.8, 4) is 11.4 Å². The minimum Gasteiger partial charge on any atom is -0.331 e. The first-order valence-electron chi connectivity index (χ1n) is 11.3. The van der Waals surface area contributed by atoms with Gasteiger partial charge in [-0.3, -0.25) is 4.79 Å². The monoisotopic (exact) mass is 620 g/mol. The van der Waals surface area contributed by atoms with Crippen LogP contribution in [0, 0.1) is 5.82 Å². The van der Waals surface area contributed by atoms with Gasteiger partial charge in [0.15, 0.2) is 5.82 Å². The topological polar surface area (TPSA) is 86.8 Å². The van der Waals surface area contributed by atoms with Crippen molar-refractivity contribution >= 4 is 59.2 Å². The van der Waals surface area contributed by atoms with E-state index in [-0.39, 0.29) is 16.8 Å². The number of nitrogens with zero attached hydrogens (tertiary/aromatic N) is 4. The van der Waals surface area contributed by atoms with Gasteiger partial charge in [-0.15, -0.1) is 21.5 Å². The lowest BCUT2D eigenvalue weighted by Crippen LogP contribution is -2.44. The van der Waals surface area contributed by atoms with Crippen LogP contribution in [0.15, 0.2) is 45.3 Å². The maximum absolute atomic E-state index is 15.6. The van der Waals surface area contributed by atoms with Gasteiger partial charge in [-0.05, 0) is 77.6 Å². The molecule has 11 heteroatoms. The van der Waals surface area contributed by atoms with E-state index in [1.54, 1.807) is 6.07 Å². The quantitative estimate of drug-likeness (QED) is 0.279. The molecule has 0 atom stereocenters. The second-order valence-electron chi connectivity index (χ2n) is 8.64. The third-order valence-corrected chi connectivity index (χ3v) is 9.34. The van der Waals surface area contributed by atoms with Gasteiger partial charge in [0.05, 0.1) is 4.70 Å². The Kier molecular flexibility index (Phi) is 7.29. The number of nitrogens with one attached hydrogen (secondary N) is 2. The Morgan fingerprint density at radius 2 is 1.97 bits per heavy atom. The Balaban J connectivity index is 1.51. The van der Waals surface area contributed by atoms with Crippen molar-refractivity contribution < 1.29 is 9.18 Å². The highest BCUT2D eigenvalue weighted by Gasteiger charge is 2.32. The Hall–Kier alpha value is -2.21. The third-order valence-electron chi connectivity index (χ3n) is 6.57. The maximum atomic E-state index is 15.6. The lowest BCUT2D eigenvalue weighted by molar-refractivity contribution is 0.0602. The summed E-state index contributed by atoms with van der Waals surface area (Å²) in [6, 6.07) is 11.9. The number of fused-ring (bicyclic) bond motifs is 1. The molecule has 1 fully saturated rings. The molecule has 1 aliphatic rings. The van der Waals surface area contributed by atoms with E-state index in [0.717, 1.165) is 46.0 Å². The molecule has 35 heavy (non-hydrogen) atoms. The average molecular weight is 622 g/mol. The zero-order chi connectivity index (χ0) is 24.5. The average Bonchev–Trinajstić information content (AvgIpc) is 3.54. The molecule has 1 amide bonds. The van der Waals surface area contributed by atoms with Gasteiger partial charge in [0.2, 0.25) is 5.82 Å². The van der Waals surface area contributed by atoms with Crippen molar-refractivity contribution in [2.24, 2.45) is 0 Å². The van der Waals surface area contributed by atoms with E-state index in [0.29, 0.717) is 28.3 Å². The Morgan fingerprint density at radius 1 is 1.20 bits per heavy atom. The number of aromatic amines is 1. The summed E-state index contributed by atoms with van der Waals surface area (Å²) in [6.07, 6.45) is 3.67. The number of tetrazole rings is 1. The maximum Gasteiger partial charge on any atom is 0.267 e. The van der Waals surface area contributed by atoms with Crippen LogP contribution in [0.5, 0.6) is 0 Å². The minimum absolute atomic E-state index is 0.0254. The van der Waals surface area contributed by atoms with Crippen LogP contribution < -0.4 is 5.32 Å². The van der Waals surface area contributed by atoms with Crippen molar-refractivity contribution in [3.05, 3.63) is 61.6 Å². The first-order valence-corrected chi connectivity index (χ1v) is 13.7. The number of thiophene rings is 1. The normalized spacial score (nSPS) is 18.2. The van der Waals surface area contributed by atoms with Gasteiger partial charge in [0.1, 0.15) is 4.88 Å². The van der Waals surface area contributed by atoms with E-state index < -0.39 is 5.82 Å². The molecule has 182 valence electrons. The predicted molar refractivity (Wildman–Crippen MR) is 142 cm³/mol. The van der Waals surface area contributed by atoms with Gasteiger partial charge in [-0.2, -0.15) is 5.21 Å². The molecule has 2 N–H and O–H groups in total. The number of amides is 1. The smallest absolute Gasteiger partial charge is 0.267 e. The number of rotatable bonds is 6. The molecule has 0 spiro atoms. The number of hydrogen-bond acceptors (Lipinski definition) is 6. The largest absolute Gasteiger partial charge is 0.331 e. The van der Waals surface area contributed by atoms with Crippen LogP contribution in [0.25, 0.3) is 21.5 Å². The fourth-order valence-electron chi connectivity index (χ4n) is 4.70. The highest BCUT2D eigenvalue weighted by atomic mass is 79.9. The zero-order valence-corrected chi connectivity index (χ0v) is 22.9.